The molecule has 1 N–H and O–H groups in total. The lowest BCUT2D eigenvalue weighted by atomic mass is 9.98. The first-order chi connectivity index (χ1) is 9.15. The van der Waals surface area contributed by atoms with Crippen molar-refractivity contribution < 1.29 is 19.2 Å². The molecule has 2 fully saturated rings. The molecule has 0 aromatic carbocycles. The largest absolute Gasteiger partial charge is 0.481 e. The Morgan fingerprint density at radius 3 is 2.84 bits per heavy atom. The maximum absolute atomic E-state index is 12.2. The maximum atomic E-state index is 12.2. The van der Waals surface area contributed by atoms with Gasteiger partial charge in [-0.25, -0.2) is 0 Å². The van der Waals surface area contributed by atoms with Gasteiger partial charge in [0.25, 0.3) is 5.91 Å². The summed E-state index contributed by atoms with van der Waals surface area (Å²) >= 11 is 0. The van der Waals surface area contributed by atoms with Gasteiger partial charge in [0.2, 0.25) is 0 Å². The first-order valence-electron chi connectivity index (χ1n) is 6.64. The van der Waals surface area contributed by atoms with E-state index in [4.69, 9.17) is 9.63 Å². The minimum atomic E-state index is -0.837. The van der Waals surface area contributed by atoms with Crippen molar-refractivity contribution in [1.82, 2.24) is 10.1 Å². The minimum Gasteiger partial charge on any atom is -0.481 e. The number of rotatable bonds is 3. The van der Waals surface area contributed by atoms with Crippen molar-refractivity contribution in [1.29, 1.82) is 0 Å². The highest BCUT2D eigenvalue weighted by Gasteiger charge is 2.32. The second kappa shape index (κ2) is 4.68. The van der Waals surface area contributed by atoms with Crippen molar-refractivity contribution in [3.05, 3.63) is 17.5 Å². The molecule has 6 heteroatoms. The van der Waals surface area contributed by atoms with Gasteiger partial charge in [-0.1, -0.05) is 5.16 Å². The third kappa shape index (κ3) is 2.47. The Morgan fingerprint density at radius 2 is 2.16 bits per heavy atom. The molecule has 3 rings (SSSR count). The number of hydrogen-bond acceptors (Lipinski definition) is 4. The third-order valence-corrected chi connectivity index (χ3v) is 3.79. The number of hydrogen-bond donors (Lipinski definition) is 1. The van der Waals surface area contributed by atoms with E-state index in [0.717, 1.165) is 25.0 Å². The van der Waals surface area contributed by atoms with Crippen molar-refractivity contribution in [2.75, 3.05) is 13.1 Å². The molecule has 1 atom stereocenters. The second-order valence-electron chi connectivity index (χ2n) is 5.32. The summed E-state index contributed by atoms with van der Waals surface area (Å²) in [6.45, 7) is 0.855. The summed E-state index contributed by atoms with van der Waals surface area (Å²) < 4.78 is 5.16. The summed E-state index contributed by atoms with van der Waals surface area (Å²) in [6, 6.07) is 1.70. The van der Waals surface area contributed by atoms with Crippen LogP contribution >= 0.6 is 0 Å². The Kier molecular flexibility index (Phi) is 3.00. The summed E-state index contributed by atoms with van der Waals surface area (Å²) in [6.07, 6.45) is 3.53. The predicted octanol–water partition coefficient (Wildman–Crippen LogP) is 1.49. The van der Waals surface area contributed by atoms with Crippen LogP contribution in [0, 0.1) is 5.92 Å². The normalized spacial score (nSPS) is 23.4. The average molecular weight is 264 g/mol. The van der Waals surface area contributed by atoms with Crippen molar-refractivity contribution in [2.24, 2.45) is 5.92 Å². The maximum Gasteiger partial charge on any atom is 0.308 e. The topological polar surface area (TPSA) is 83.6 Å². The van der Waals surface area contributed by atoms with E-state index in [2.05, 4.69) is 5.16 Å². The Balaban J connectivity index is 1.69. The van der Waals surface area contributed by atoms with E-state index in [-0.39, 0.29) is 12.5 Å². The number of carboxylic acids is 1. The number of nitrogens with zero attached hydrogens (tertiary/aromatic N) is 2. The van der Waals surface area contributed by atoms with Crippen LogP contribution in [0.3, 0.4) is 0 Å². The second-order valence-corrected chi connectivity index (χ2v) is 5.32. The van der Waals surface area contributed by atoms with E-state index in [0.29, 0.717) is 24.6 Å². The van der Waals surface area contributed by atoms with Gasteiger partial charge < -0.3 is 14.5 Å². The molecule has 1 aromatic rings. The number of carbonyl (C=O) groups excluding carboxylic acids is 1. The third-order valence-electron chi connectivity index (χ3n) is 3.79. The fourth-order valence-corrected chi connectivity index (χ4v) is 2.48. The Morgan fingerprint density at radius 1 is 1.37 bits per heavy atom. The van der Waals surface area contributed by atoms with E-state index in [1.165, 1.54) is 0 Å². The first kappa shape index (κ1) is 12.2. The average Bonchev–Trinajstić information content (AvgIpc) is 3.16. The van der Waals surface area contributed by atoms with Gasteiger partial charge >= 0.3 is 5.97 Å². The SMILES string of the molecule is O=C(O)[C@@H]1CCCN(C(=O)c2cc(C3CC3)on2)C1. The zero-order valence-corrected chi connectivity index (χ0v) is 10.5. The molecule has 0 radical (unpaired) electrons. The zero-order valence-electron chi connectivity index (χ0n) is 10.5. The highest BCUT2D eigenvalue weighted by Crippen LogP contribution is 2.40. The number of aliphatic carboxylic acids is 1. The summed E-state index contributed by atoms with van der Waals surface area (Å²) in [5, 5.41) is 12.8. The molecule has 0 bridgehead atoms. The zero-order chi connectivity index (χ0) is 13.4. The van der Waals surface area contributed by atoms with Crippen molar-refractivity contribution in [3.8, 4) is 0 Å². The standard InChI is InChI=1S/C13H16N2O4/c16-12(10-6-11(19-14-10)8-3-4-8)15-5-1-2-9(7-15)13(17)18/h6,8-9H,1-5,7H2,(H,17,18)/t9-/m1/s1. The van der Waals surface area contributed by atoms with Gasteiger partial charge in [0, 0.05) is 25.1 Å². The van der Waals surface area contributed by atoms with Gasteiger partial charge in [-0.15, -0.1) is 0 Å². The highest BCUT2D eigenvalue weighted by atomic mass is 16.5. The molecular weight excluding hydrogens is 248 g/mol. The number of carbonyl (C=O) groups is 2. The van der Waals surface area contributed by atoms with Gasteiger partial charge in [0.1, 0.15) is 5.76 Å². The van der Waals surface area contributed by atoms with Gasteiger partial charge in [0.15, 0.2) is 5.69 Å². The summed E-state index contributed by atoms with van der Waals surface area (Å²) in [7, 11) is 0. The predicted molar refractivity (Wildman–Crippen MR) is 64.7 cm³/mol. The molecular formula is C13H16N2O4. The molecule has 0 spiro atoms. The van der Waals surface area contributed by atoms with Crippen molar-refractivity contribution in [2.45, 2.75) is 31.6 Å². The molecule has 19 heavy (non-hydrogen) atoms. The molecule has 1 aliphatic heterocycles. The number of piperidine rings is 1. The van der Waals surface area contributed by atoms with Crippen molar-refractivity contribution >= 4 is 11.9 Å². The summed E-state index contributed by atoms with van der Waals surface area (Å²) in [5.74, 6) is -0.331. The van der Waals surface area contributed by atoms with Crippen LogP contribution in [0.15, 0.2) is 10.6 Å². The summed E-state index contributed by atoms with van der Waals surface area (Å²) in [4.78, 5) is 24.8. The van der Waals surface area contributed by atoms with Crippen LogP contribution < -0.4 is 0 Å². The number of likely N-dealkylation sites (tertiary alicyclic amines) is 1. The summed E-state index contributed by atoms with van der Waals surface area (Å²) in [5.41, 5.74) is 0.299. The van der Waals surface area contributed by atoms with Gasteiger partial charge in [-0.2, -0.15) is 0 Å². The monoisotopic (exact) mass is 264 g/mol. The minimum absolute atomic E-state index is 0.221. The Bertz CT molecular complexity index is 506. The van der Waals surface area contributed by atoms with Crippen LogP contribution in [-0.4, -0.2) is 40.1 Å². The number of aromatic nitrogens is 1. The fourth-order valence-electron chi connectivity index (χ4n) is 2.48. The lowest BCUT2D eigenvalue weighted by Gasteiger charge is -2.29. The Labute approximate surface area is 110 Å². The van der Waals surface area contributed by atoms with Crippen LogP contribution in [0.5, 0.6) is 0 Å². The molecule has 1 aromatic heterocycles. The van der Waals surface area contributed by atoms with Gasteiger partial charge in [-0.05, 0) is 25.7 Å². The molecule has 1 saturated carbocycles. The number of carboxylic acid groups (broad SMARTS) is 1. The molecule has 1 saturated heterocycles. The first-order valence-corrected chi connectivity index (χ1v) is 6.64. The molecule has 2 aliphatic rings. The lowest BCUT2D eigenvalue weighted by Crippen LogP contribution is -2.42. The van der Waals surface area contributed by atoms with E-state index < -0.39 is 11.9 Å². The highest BCUT2D eigenvalue weighted by molar-refractivity contribution is 5.92. The van der Waals surface area contributed by atoms with Crippen LogP contribution in [0.4, 0.5) is 0 Å². The van der Waals surface area contributed by atoms with Crippen LogP contribution in [0.25, 0.3) is 0 Å². The quantitative estimate of drug-likeness (QED) is 0.894. The smallest absolute Gasteiger partial charge is 0.308 e. The van der Waals surface area contributed by atoms with Gasteiger partial charge in [0.05, 0.1) is 5.92 Å². The van der Waals surface area contributed by atoms with E-state index in [1.54, 1.807) is 11.0 Å². The van der Waals surface area contributed by atoms with Crippen LogP contribution in [0.1, 0.15) is 47.8 Å². The Hall–Kier alpha value is -1.85. The van der Waals surface area contributed by atoms with Gasteiger partial charge in [-0.3, -0.25) is 9.59 Å². The van der Waals surface area contributed by atoms with E-state index >= 15 is 0 Å². The van der Waals surface area contributed by atoms with E-state index in [9.17, 15) is 9.59 Å². The van der Waals surface area contributed by atoms with Crippen LogP contribution in [0.2, 0.25) is 0 Å². The molecule has 6 nitrogen and oxygen atoms in total. The molecule has 1 amide bonds. The molecule has 2 heterocycles. The van der Waals surface area contributed by atoms with Crippen LogP contribution in [-0.2, 0) is 4.79 Å². The van der Waals surface area contributed by atoms with Crippen molar-refractivity contribution in [3.63, 3.8) is 0 Å². The lowest BCUT2D eigenvalue weighted by molar-refractivity contribution is -0.143. The molecule has 102 valence electrons. The molecule has 1 aliphatic carbocycles. The fraction of sp³-hybridized carbons (Fsp3) is 0.615. The molecule has 0 unspecified atom stereocenters. The van der Waals surface area contributed by atoms with E-state index in [1.807, 2.05) is 0 Å². The number of amides is 1.